The zero-order valence-corrected chi connectivity index (χ0v) is 18.4. The van der Waals surface area contributed by atoms with Crippen LogP contribution in [0.15, 0.2) is 78.2 Å². The molecule has 0 bridgehead atoms. The number of halogens is 1. The lowest BCUT2D eigenvalue weighted by Gasteiger charge is -2.10. The van der Waals surface area contributed by atoms with Gasteiger partial charge in [0, 0.05) is 31.3 Å². The van der Waals surface area contributed by atoms with Crippen molar-refractivity contribution in [2.75, 3.05) is 0 Å². The first-order chi connectivity index (χ1) is 14.1. The van der Waals surface area contributed by atoms with Gasteiger partial charge in [-0.3, -0.25) is 4.79 Å². The average Bonchev–Trinajstić information content (AvgIpc) is 3.36. The molecule has 142 valence electrons. The Balaban J connectivity index is 1.84. The molecule has 1 amide bonds. The molecule has 29 heavy (non-hydrogen) atoms. The first kappa shape index (κ1) is 18.4. The number of primary amides is 1. The quantitative estimate of drug-likeness (QED) is 0.286. The monoisotopic (exact) mass is 508 g/mol. The van der Waals surface area contributed by atoms with E-state index in [9.17, 15) is 4.79 Å². The number of nitrogens with two attached hydrogens (primary N) is 1. The number of carbonyl (C=O) groups excluding carboxylic acids is 1. The summed E-state index contributed by atoms with van der Waals surface area (Å²) in [4.78, 5) is 13.4. The average molecular weight is 508 g/mol. The number of aromatic nitrogens is 1. The normalized spacial score (nSPS) is 11.3. The minimum atomic E-state index is -0.397. The van der Waals surface area contributed by atoms with E-state index in [0.29, 0.717) is 5.56 Å². The number of fused-ring (bicyclic) bond motifs is 3. The third-order valence-corrected chi connectivity index (χ3v) is 7.22. The Bertz CT molecular complexity index is 1370. The third kappa shape index (κ3) is 3.14. The molecule has 0 saturated heterocycles. The van der Waals surface area contributed by atoms with E-state index in [1.165, 1.54) is 19.6 Å². The van der Waals surface area contributed by atoms with E-state index in [2.05, 4.69) is 93.2 Å². The summed E-state index contributed by atoms with van der Waals surface area (Å²) < 4.78 is 3.52. The summed E-state index contributed by atoms with van der Waals surface area (Å²) in [5, 5.41) is 4.08. The Kier molecular flexibility index (Phi) is 4.64. The summed E-state index contributed by atoms with van der Waals surface area (Å²) >= 11 is 4.11. The van der Waals surface area contributed by atoms with Crippen LogP contribution in [0.1, 0.15) is 15.9 Å². The number of rotatable bonds is 4. The van der Waals surface area contributed by atoms with E-state index >= 15 is 0 Å². The van der Waals surface area contributed by atoms with Gasteiger partial charge in [-0.2, -0.15) is 0 Å². The molecular weight excluding hydrogens is 491 g/mol. The Morgan fingerprint density at radius 2 is 1.83 bits per heavy atom. The molecule has 3 nitrogen and oxygen atoms in total. The maximum atomic E-state index is 12.1. The van der Waals surface area contributed by atoms with Crippen LogP contribution in [0.5, 0.6) is 0 Å². The van der Waals surface area contributed by atoms with Crippen molar-refractivity contribution in [3.8, 4) is 10.4 Å². The van der Waals surface area contributed by atoms with Crippen molar-refractivity contribution in [1.82, 2.24) is 4.57 Å². The fraction of sp³-hybridized carbons (Fsp3) is 0.0417. The Labute approximate surface area is 185 Å². The molecule has 0 radical (unpaired) electrons. The van der Waals surface area contributed by atoms with Crippen LogP contribution in [-0.2, 0) is 6.54 Å². The summed E-state index contributed by atoms with van der Waals surface area (Å²) in [6, 6.07) is 24.9. The number of amides is 1. The van der Waals surface area contributed by atoms with Gasteiger partial charge in [-0.1, -0.05) is 42.5 Å². The maximum Gasteiger partial charge on any atom is 0.249 e. The minimum Gasteiger partial charge on any atom is -0.366 e. The van der Waals surface area contributed by atoms with Crippen LogP contribution >= 0.6 is 33.9 Å². The first-order valence-corrected chi connectivity index (χ1v) is 11.2. The molecule has 0 spiro atoms. The van der Waals surface area contributed by atoms with Gasteiger partial charge >= 0.3 is 0 Å². The zero-order chi connectivity index (χ0) is 20.0. The minimum absolute atomic E-state index is 0.397. The molecule has 0 saturated carbocycles. The number of hydrogen-bond acceptors (Lipinski definition) is 2. The highest BCUT2D eigenvalue weighted by Crippen LogP contribution is 2.36. The molecule has 0 aliphatic heterocycles. The van der Waals surface area contributed by atoms with Gasteiger partial charge in [-0.25, -0.2) is 0 Å². The van der Waals surface area contributed by atoms with Crippen LogP contribution < -0.4 is 5.73 Å². The van der Waals surface area contributed by atoms with Gasteiger partial charge in [0.25, 0.3) is 0 Å². The highest BCUT2D eigenvalue weighted by atomic mass is 127. The molecule has 0 aliphatic rings. The van der Waals surface area contributed by atoms with Crippen molar-refractivity contribution < 1.29 is 4.79 Å². The van der Waals surface area contributed by atoms with E-state index in [0.717, 1.165) is 28.4 Å². The highest BCUT2D eigenvalue weighted by molar-refractivity contribution is 14.1. The lowest BCUT2D eigenvalue weighted by atomic mass is 10.0. The lowest BCUT2D eigenvalue weighted by Crippen LogP contribution is -2.11. The number of benzene rings is 3. The summed E-state index contributed by atoms with van der Waals surface area (Å²) in [6.07, 6.45) is 0. The van der Waals surface area contributed by atoms with Gasteiger partial charge in [0.2, 0.25) is 5.91 Å². The summed E-state index contributed by atoms with van der Waals surface area (Å²) in [6.45, 7) is 0.731. The Morgan fingerprint density at radius 1 is 0.966 bits per heavy atom. The van der Waals surface area contributed by atoms with E-state index in [4.69, 9.17) is 5.73 Å². The molecule has 2 heterocycles. The fourth-order valence-corrected chi connectivity index (χ4v) is 5.19. The van der Waals surface area contributed by atoms with Crippen LogP contribution in [0.4, 0.5) is 0 Å². The molecule has 5 rings (SSSR count). The van der Waals surface area contributed by atoms with Gasteiger partial charge in [0.15, 0.2) is 0 Å². The predicted molar refractivity (Wildman–Crippen MR) is 130 cm³/mol. The summed E-state index contributed by atoms with van der Waals surface area (Å²) in [5.41, 5.74) is 10.8. The van der Waals surface area contributed by atoms with Gasteiger partial charge < -0.3 is 10.3 Å². The Morgan fingerprint density at radius 3 is 2.59 bits per heavy atom. The van der Waals surface area contributed by atoms with E-state index in [-0.39, 0.29) is 0 Å². The smallest absolute Gasteiger partial charge is 0.249 e. The second kappa shape index (κ2) is 7.31. The topological polar surface area (TPSA) is 48.0 Å². The number of nitrogens with zero attached hydrogens (tertiary/aromatic N) is 1. The molecule has 5 aromatic rings. The van der Waals surface area contributed by atoms with Gasteiger partial charge in [0.05, 0.1) is 11.0 Å². The largest absolute Gasteiger partial charge is 0.366 e. The number of carbonyl (C=O) groups is 1. The molecule has 0 atom stereocenters. The summed E-state index contributed by atoms with van der Waals surface area (Å²) in [5.74, 6) is -0.397. The highest BCUT2D eigenvalue weighted by Gasteiger charge is 2.17. The summed E-state index contributed by atoms with van der Waals surface area (Å²) in [7, 11) is 0. The van der Waals surface area contributed by atoms with Crippen molar-refractivity contribution in [2.24, 2.45) is 5.73 Å². The van der Waals surface area contributed by atoms with Crippen LogP contribution in [0.2, 0.25) is 0 Å². The lowest BCUT2D eigenvalue weighted by molar-refractivity contribution is 0.100. The van der Waals surface area contributed by atoms with Gasteiger partial charge in [-0.05, 0) is 69.4 Å². The molecule has 2 aromatic heterocycles. The van der Waals surface area contributed by atoms with Crippen molar-refractivity contribution in [1.29, 1.82) is 0 Å². The molecule has 0 aliphatic carbocycles. The van der Waals surface area contributed by atoms with Crippen molar-refractivity contribution in [3.63, 3.8) is 0 Å². The van der Waals surface area contributed by atoms with Crippen LogP contribution in [0.25, 0.3) is 32.2 Å². The number of hydrogen-bond donors (Lipinski definition) is 1. The SMILES string of the molecule is NC(=O)c1cccc2c1c1ccc(-c3cccs3)cc1n2Cc1ccccc1I. The zero-order valence-electron chi connectivity index (χ0n) is 15.4. The van der Waals surface area contributed by atoms with Crippen molar-refractivity contribution in [3.05, 3.63) is 92.9 Å². The van der Waals surface area contributed by atoms with Crippen LogP contribution in [0, 0.1) is 3.57 Å². The number of thiophene rings is 1. The second-order valence-electron chi connectivity index (χ2n) is 6.95. The first-order valence-electron chi connectivity index (χ1n) is 9.25. The van der Waals surface area contributed by atoms with Crippen LogP contribution in [-0.4, -0.2) is 10.5 Å². The molecule has 5 heteroatoms. The molecule has 3 aromatic carbocycles. The molecule has 0 fully saturated rings. The molecule has 2 N–H and O–H groups in total. The molecule has 0 unspecified atom stereocenters. The Hall–Kier alpha value is -2.64. The predicted octanol–water partition coefficient (Wildman–Crippen LogP) is 6.27. The standard InChI is InChI=1S/C24H17IN2OS/c25-19-7-2-1-5-16(19)14-27-20-8-3-6-18(24(26)28)23(20)17-11-10-15(13-21(17)27)22-9-4-12-29-22/h1-13H,14H2,(H2,26,28). The van der Waals surface area contributed by atoms with Crippen molar-refractivity contribution in [2.45, 2.75) is 6.54 Å². The van der Waals surface area contributed by atoms with Crippen molar-refractivity contribution >= 4 is 61.6 Å². The third-order valence-electron chi connectivity index (χ3n) is 5.25. The van der Waals surface area contributed by atoms with E-state index in [1.807, 2.05) is 12.1 Å². The van der Waals surface area contributed by atoms with Gasteiger partial charge in [0.1, 0.15) is 0 Å². The maximum absolute atomic E-state index is 12.1. The second-order valence-corrected chi connectivity index (χ2v) is 9.06. The molecular formula is C24H17IN2OS. The van der Waals surface area contributed by atoms with Crippen LogP contribution in [0.3, 0.4) is 0 Å². The fourth-order valence-electron chi connectivity index (χ4n) is 3.91. The van der Waals surface area contributed by atoms with E-state index in [1.54, 1.807) is 11.3 Å². The van der Waals surface area contributed by atoms with Gasteiger partial charge in [-0.15, -0.1) is 11.3 Å². The van der Waals surface area contributed by atoms with E-state index < -0.39 is 5.91 Å².